The lowest BCUT2D eigenvalue weighted by atomic mass is 9.72. The van der Waals surface area contributed by atoms with Crippen molar-refractivity contribution in [1.82, 2.24) is 19.6 Å². The van der Waals surface area contributed by atoms with Crippen molar-refractivity contribution in [3.63, 3.8) is 0 Å². The number of likely N-dealkylation sites (tertiary alicyclic amines) is 2. The molecular weight excluding hydrogens is 308 g/mol. The number of hydrogen-bond acceptors (Lipinski definition) is 4. The monoisotopic (exact) mass is 334 g/mol. The molecule has 1 N–H and O–H groups in total. The molecule has 2 amide bonds. The number of amides is 2. The lowest BCUT2D eigenvalue weighted by molar-refractivity contribution is -0.140. The zero-order valence-corrected chi connectivity index (χ0v) is 14.4. The highest BCUT2D eigenvalue weighted by Crippen LogP contribution is 2.40. The highest BCUT2D eigenvalue weighted by Gasteiger charge is 2.42. The van der Waals surface area contributed by atoms with Crippen molar-refractivity contribution in [2.45, 2.75) is 38.7 Å². The second kappa shape index (κ2) is 6.55. The SMILES string of the molecule is C[C@@H](O)CN1CC2(CCC1=O)CCN(C(=O)c1ccnn1C)CC2. The van der Waals surface area contributed by atoms with Crippen molar-refractivity contribution < 1.29 is 14.7 Å². The third-order valence-corrected chi connectivity index (χ3v) is 5.38. The molecule has 3 heterocycles. The molecule has 0 bridgehead atoms. The van der Waals surface area contributed by atoms with Gasteiger partial charge in [-0.1, -0.05) is 0 Å². The maximum atomic E-state index is 12.6. The van der Waals surface area contributed by atoms with Gasteiger partial charge in [0.2, 0.25) is 5.91 Å². The smallest absolute Gasteiger partial charge is 0.272 e. The molecule has 3 rings (SSSR count). The van der Waals surface area contributed by atoms with E-state index in [1.54, 1.807) is 35.8 Å². The molecule has 0 aliphatic carbocycles. The Hall–Kier alpha value is -1.89. The molecule has 7 nitrogen and oxygen atoms in total. The molecule has 0 radical (unpaired) electrons. The molecule has 0 saturated carbocycles. The van der Waals surface area contributed by atoms with Gasteiger partial charge in [0.05, 0.1) is 6.10 Å². The molecule has 1 aromatic rings. The van der Waals surface area contributed by atoms with Crippen LogP contribution < -0.4 is 0 Å². The van der Waals surface area contributed by atoms with Gasteiger partial charge in [-0.2, -0.15) is 5.10 Å². The molecular formula is C17H26N4O3. The Morgan fingerprint density at radius 1 is 1.38 bits per heavy atom. The Labute approximate surface area is 142 Å². The minimum Gasteiger partial charge on any atom is -0.392 e. The fourth-order valence-corrected chi connectivity index (χ4v) is 3.93. The first-order valence-corrected chi connectivity index (χ1v) is 8.63. The Balaban J connectivity index is 1.63. The lowest BCUT2D eigenvalue weighted by Gasteiger charge is -2.47. The van der Waals surface area contributed by atoms with Crippen molar-refractivity contribution in [1.29, 1.82) is 0 Å². The van der Waals surface area contributed by atoms with E-state index < -0.39 is 6.10 Å². The van der Waals surface area contributed by atoms with Crippen molar-refractivity contribution >= 4 is 11.8 Å². The van der Waals surface area contributed by atoms with Crippen LogP contribution in [0.3, 0.4) is 0 Å². The molecule has 2 saturated heterocycles. The Morgan fingerprint density at radius 3 is 2.67 bits per heavy atom. The maximum absolute atomic E-state index is 12.6. The predicted octanol–water partition coefficient (Wildman–Crippen LogP) is 0.646. The van der Waals surface area contributed by atoms with Crippen LogP contribution in [0.4, 0.5) is 0 Å². The molecule has 0 aromatic carbocycles. The molecule has 132 valence electrons. The van der Waals surface area contributed by atoms with E-state index in [2.05, 4.69) is 5.10 Å². The fourth-order valence-electron chi connectivity index (χ4n) is 3.93. The van der Waals surface area contributed by atoms with Crippen LogP contribution in [-0.2, 0) is 11.8 Å². The summed E-state index contributed by atoms with van der Waals surface area (Å²) < 4.78 is 1.61. The first kappa shape index (κ1) is 17.0. The summed E-state index contributed by atoms with van der Waals surface area (Å²) >= 11 is 0. The molecule has 1 spiro atoms. The quantitative estimate of drug-likeness (QED) is 0.880. The molecule has 7 heteroatoms. The first-order valence-electron chi connectivity index (χ1n) is 8.63. The second-order valence-electron chi connectivity index (χ2n) is 7.26. The summed E-state index contributed by atoms with van der Waals surface area (Å²) in [6, 6.07) is 1.75. The number of piperidine rings is 2. The van der Waals surface area contributed by atoms with E-state index in [1.165, 1.54) is 0 Å². The topological polar surface area (TPSA) is 78.7 Å². The van der Waals surface area contributed by atoms with Gasteiger partial charge in [-0.05, 0) is 37.7 Å². The van der Waals surface area contributed by atoms with Gasteiger partial charge >= 0.3 is 0 Å². The highest BCUT2D eigenvalue weighted by molar-refractivity contribution is 5.92. The number of β-amino-alcohol motifs (C(OH)–C–C–N with tert-alkyl or cyclic N) is 1. The number of aliphatic hydroxyl groups excluding tert-OH is 1. The average molecular weight is 334 g/mol. The minimum absolute atomic E-state index is 0.0255. The van der Waals surface area contributed by atoms with Crippen molar-refractivity contribution in [3.05, 3.63) is 18.0 Å². The van der Waals surface area contributed by atoms with Gasteiger partial charge in [0, 0.05) is 45.8 Å². The van der Waals surface area contributed by atoms with Crippen molar-refractivity contribution in [2.24, 2.45) is 12.5 Å². The van der Waals surface area contributed by atoms with E-state index in [9.17, 15) is 14.7 Å². The first-order chi connectivity index (χ1) is 11.4. The number of rotatable bonds is 3. The largest absolute Gasteiger partial charge is 0.392 e. The van der Waals surface area contributed by atoms with Crippen LogP contribution in [0.2, 0.25) is 0 Å². The number of aryl methyl sites for hydroxylation is 1. The van der Waals surface area contributed by atoms with Crippen LogP contribution in [0.25, 0.3) is 0 Å². The number of aliphatic hydroxyl groups is 1. The van der Waals surface area contributed by atoms with Crippen LogP contribution in [0.15, 0.2) is 12.3 Å². The van der Waals surface area contributed by atoms with Gasteiger partial charge in [0.1, 0.15) is 5.69 Å². The third-order valence-electron chi connectivity index (χ3n) is 5.38. The fraction of sp³-hybridized carbons (Fsp3) is 0.706. The summed E-state index contributed by atoms with van der Waals surface area (Å²) in [4.78, 5) is 28.3. The van der Waals surface area contributed by atoms with E-state index in [4.69, 9.17) is 0 Å². The zero-order valence-electron chi connectivity index (χ0n) is 14.4. The summed E-state index contributed by atoms with van der Waals surface area (Å²) in [6.45, 7) is 4.23. The summed E-state index contributed by atoms with van der Waals surface area (Å²) in [5, 5.41) is 13.7. The average Bonchev–Trinajstić information content (AvgIpc) is 2.97. The van der Waals surface area contributed by atoms with E-state index >= 15 is 0 Å². The van der Waals surface area contributed by atoms with Gasteiger partial charge < -0.3 is 14.9 Å². The lowest BCUT2D eigenvalue weighted by Crippen LogP contribution is -2.53. The van der Waals surface area contributed by atoms with E-state index in [0.717, 1.165) is 19.3 Å². The van der Waals surface area contributed by atoms with E-state index in [-0.39, 0.29) is 17.2 Å². The van der Waals surface area contributed by atoms with Gasteiger partial charge in [-0.25, -0.2) is 0 Å². The van der Waals surface area contributed by atoms with Gasteiger partial charge in [0.25, 0.3) is 5.91 Å². The maximum Gasteiger partial charge on any atom is 0.272 e. The Bertz CT molecular complexity index is 617. The van der Waals surface area contributed by atoms with Gasteiger partial charge in [-0.15, -0.1) is 0 Å². The van der Waals surface area contributed by atoms with Crippen LogP contribution in [0, 0.1) is 5.41 Å². The van der Waals surface area contributed by atoms with Crippen LogP contribution >= 0.6 is 0 Å². The molecule has 2 aliphatic rings. The number of carbonyl (C=O) groups is 2. The number of hydrogen-bond donors (Lipinski definition) is 1. The number of carbonyl (C=O) groups excluding carboxylic acids is 2. The van der Waals surface area contributed by atoms with Gasteiger partial charge in [0.15, 0.2) is 0 Å². The van der Waals surface area contributed by atoms with Crippen LogP contribution in [0.5, 0.6) is 0 Å². The minimum atomic E-state index is -0.504. The number of aromatic nitrogens is 2. The number of nitrogens with zero attached hydrogens (tertiary/aromatic N) is 4. The predicted molar refractivity (Wildman–Crippen MR) is 88.3 cm³/mol. The summed E-state index contributed by atoms with van der Waals surface area (Å²) in [6.07, 6.45) is 4.37. The van der Waals surface area contributed by atoms with Gasteiger partial charge in [-0.3, -0.25) is 14.3 Å². The van der Waals surface area contributed by atoms with Crippen molar-refractivity contribution in [3.8, 4) is 0 Å². The third kappa shape index (κ3) is 3.31. The summed E-state index contributed by atoms with van der Waals surface area (Å²) in [5.74, 6) is 0.160. The molecule has 1 aromatic heterocycles. The zero-order chi connectivity index (χ0) is 17.3. The standard InChI is InChI=1S/C17H26N4O3/c1-13(22)11-21-12-17(5-3-15(21)23)6-9-20(10-7-17)16(24)14-4-8-18-19(14)2/h4,8,13,22H,3,5-7,9-12H2,1-2H3/t13-/m1/s1. The van der Waals surface area contributed by atoms with Crippen molar-refractivity contribution in [2.75, 3.05) is 26.2 Å². The molecule has 1 atom stereocenters. The molecule has 24 heavy (non-hydrogen) atoms. The Kier molecular flexibility index (Phi) is 4.62. The molecule has 2 fully saturated rings. The van der Waals surface area contributed by atoms with Crippen LogP contribution in [-0.4, -0.2) is 68.8 Å². The normalized spacial score (nSPS) is 22.0. The van der Waals surface area contributed by atoms with E-state index in [1.807, 2.05) is 4.90 Å². The van der Waals surface area contributed by atoms with Crippen LogP contribution in [0.1, 0.15) is 43.1 Å². The molecule has 0 unspecified atom stereocenters. The summed E-state index contributed by atoms with van der Waals surface area (Å²) in [5.41, 5.74) is 0.701. The molecule has 2 aliphatic heterocycles. The highest BCUT2D eigenvalue weighted by atomic mass is 16.3. The Morgan fingerprint density at radius 2 is 2.08 bits per heavy atom. The van der Waals surface area contributed by atoms with E-state index in [0.29, 0.717) is 38.3 Å². The summed E-state index contributed by atoms with van der Waals surface area (Å²) in [7, 11) is 1.78. The second-order valence-corrected chi connectivity index (χ2v) is 7.26.